The number of hydrogen-bond donors (Lipinski definition) is 1. The summed E-state index contributed by atoms with van der Waals surface area (Å²) in [5, 5.41) is 4.23. The molecule has 3 aromatic carbocycles. The Labute approximate surface area is 263 Å². The molecular weight excluding hydrogens is 617 g/mol. The first-order valence-electron chi connectivity index (χ1n) is 13.8. The summed E-state index contributed by atoms with van der Waals surface area (Å²) in [7, 11) is -3.63. The van der Waals surface area contributed by atoms with Crippen molar-refractivity contribution in [1.82, 2.24) is 10.2 Å². The second-order valence-electron chi connectivity index (χ2n) is 9.99. The van der Waals surface area contributed by atoms with Crippen LogP contribution in [-0.2, 0) is 32.6 Å². The molecule has 0 unspecified atom stereocenters. The molecule has 2 amide bonds. The monoisotopic (exact) mass is 651 g/mol. The molecule has 1 N–H and O–H groups in total. The van der Waals surface area contributed by atoms with Crippen LogP contribution in [0.1, 0.15) is 43.7 Å². The van der Waals surface area contributed by atoms with Crippen molar-refractivity contribution in [2.45, 2.75) is 51.6 Å². The Kier molecular flexibility index (Phi) is 13.0. The molecule has 0 spiro atoms. The van der Waals surface area contributed by atoms with Crippen LogP contribution in [0.3, 0.4) is 0 Å². The topological polar surface area (TPSA) is 86.8 Å². The molecule has 0 bridgehead atoms. The third-order valence-corrected chi connectivity index (χ3v) is 8.91. The number of amides is 2. The van der Waals surface area contributed by atoms with Crippen LogP contribution < -0.4 is 9.62 Å². The van der Waals surface area contributed by atoms with Gasteiger partial charge >= 0.3 is 0 Å². The molecule has 3 rings (SSSR count). The number of sulfonamides is 1. The van der Waals surface area contributed by atoms with Gasteiger partial charge in [0.25, 0.3) is 0 Å². The molecule has 0 aliphatic rings. The zero-order chi connectivity index (χ0) is 30.7. The van der Waals surface area contributed by atoms with Crippen molar-refractivity contribution in [3.8, 4) is 0 Å². The predicted molar refractivity (Wildman–Crippen MR) is 172 cm³/mol. The number of nitrogens with one attached hydrogen (secondary N) is 1. The first-order valence-corrected chi connectivity index (χ1v) is 16.8. The first-order chi connectivity index (χ1) is 20.0. The molecule has 0 fully saturated rings. The Bertz CT molecular complexity index is 1420. The summed E-state index contributed by atoms with van der Waals surface area (Å²) >= 11 is 19.0. The normalized spacial score (nSPS) is 12.0. The van der Waals surface area contributed by atoms with Crippen LogP contribution in [0, 0.1) is 0 Å². The largest absolute Gasteiger partial charge is 0.354 e. The van der Waals surface area contributed by atoms with Gasteiger partial charge in [-0.05, 0) is 54.8 Å². The highest BCUT2D eigenvalue weighted by atomic mass is 35.5. The number of hydrogen-bond acceptors (Lipinski definition) is 4. The van der Waals surface area contributed by atoms with E-state index in [2.05, 4.69) is 5.32 Å². The number of rotatable bonds is 15. The van der Waals surface area contributed by atoms with E-state index in [4.69, 9.17) is 34.8 Å². The SMILES string of the molecule is CCCCNC(=O)[C@@H](Cc1ccccc1)N(Cc1c(Cl)cccc1Cl)C(=O)CCCN(c1ccc(Cl)cc1)S(C)(=O)=O. The summed E-state index contributed by atoms with van der Waals surface area (Å²) < 4.78 is 26.4. The van der Waals surface area contributed by atoms with Crippen molar-refractivity contribution in [3.63, 3.8) is 0 Å². The summed E-state index contributed by atoms with van der Waals surface area (Å²) in [6, 6.07) is 20.2. The average Bonchev–Trinajstić information content (AvgIpc) is 2.95. The lowest BCUT2D eigenvalue weighted by Crippen LogP contribution is -2.50. The van der Waals surface area contributed by atoms with Crippen LogP contribution in [-0.4, -0.2) is 50.5 Å². The van der Waals surface area contributed by atoms with Gasteiger partial charge < -0.3 is 10.2 Å². The molecule has 11 heteroatoms. The second-order valence-corrected chi connectivity index (χ2v) is 13.1. The van der Waals surface area contributed by atoms with E-state index >= 15 is 0 Å². The fraction of sp³-hybridized carbons (Fsp3) is 0.355. The Morgan fingerprint density at radius 1 is 0.881 bits per heavy atom. The van der Waals surface area contributed by atoms with Gasteiger partial charge in [-0.2, -0.15) is 0 Å². The zero-order valence-corrected chi connectivity index (χ0v) is 26.8. The highest BCUT2D eigenvalue weighted by Crippen LogP contribution is 2.28. The molecule has 3 aromatic rings. The Balaban J connectivity index is 1.91. The minimum Gasteiger partial charge on any atom is -0.354 e. The molecule has 7 nitrogen and oxygen atoms in total. The minimum atomic E-state index is -3.63. The van der Waals surface area contributed by atoms with E-state index in [0.29, 0.717) is 32.9 Å². The average molecular weight is 653 g/mol. The van der Waals surface area contributed by atoms with Crippen LogP contribution in [0.2, 0.25) is 15.1 Å². The van der Waals surface area contributed by atoms with Gasteiger partial charge in [0, 0.05) is 53.1 Å². The molecule has 0 heterocycles. The fourth-order valence-corrected chi connectivity index (χ4v) is 6.13. The maximum absolute atomic E-state index is 13.9. The van der Waals surface area contributed by atoms with Gasteiger partial charge in [0.15, 0.2) is 0 Å². The van der Waals surface area contributed by atoms with Crippen molar-refractivity contribution < 1.29 is 18.0 Å². The first kappa shape index (κ1) is 33.7. The molecule has 0 aliphatic heterocycles. The van der Waals surface area contributed by atoms with Crippen LogP contribution in [0.4, 0.5) is 5.69 Å². The molecule has 226 valence electrons. The summed E-state index contributed by atoms with van der Waals surface area (Å²) in [6.45, 7) is 2.61. The van der Waals surface area contributed by atoms with Gasteiger partial charge in [-0.1, -0.05) is 84.5 Å². The molecule has 0 aliphatic carbocycles. The number of halogens is 3. The van der Waals surface area contributed by atoms with Crippen molar-refractivity contribution in [1.29, 1.82) is 0 Å². The summed E-state index contributed by atoms with van der Waals surface area (Å²) in [5.41, 5.74) is 1.88. The van der Waals surface area contributed by atoms with Crippen molar-refractivity contribution in [2.75, 3.05) is 23.7 Å². The number of benzene rings is 3. The van der Waals surface area contributed by atoms with Gasteiger partial charge in [0.2, 0.25) is 21.8 Å². The highest BCUT2D eigenvalue weighted by molar-refractivity contribution is 7.92. The van der Waals surface area contributed by atoms with Gasteiger partial charge in [0.1, 0.15) is 6.04 Å². The fourth-order valence-electron chi connectivity index (χ4n) is 4.53. The molecule has 0 saturated heterocycles. The van der Waals surface area contributed by atoms with Gasteiger partial charge in [-0.15, -0.1) is 0 Å². The molecule has 42 heavy (non-hydrogen) atoms. The molecular formula is C31H36Cl3N3O4S. The summed E-state index contributed by atoms with van der Waals surface area (Å²) in [6.07, 6.45) is 3.33. The van der Waals surface area contributed by atoms with Crippen molar-refractivity contribution in [2.24, 2.45) is 0 Å². The number of unbranched alkanes of at least 4 members (excludes halogenated alkanes) is 1. The van der Waals surface area contributed by atoms with Crippen molar-refractivity contribution in [3.05, 3.63) is 99.0 Å². The predicted octanol–water partition coefficient (Wildman–Crippen LogP) is 6.75. The van der Waals surface area contributed by atoms with E-state index in [1.807, 2.05) is 37.3 Å². The Morgan fingerprint density at radius 3 is 2.12 bits per heavy atom. The third-order valence-electron chi connectivity index (χ3n) is 6.76. The van der Waals surface area contributed by atoms with Crippen LogP contribution >= 0.6 is 34.8 Å². The van der Waals surface area contributed by atoms with E-state index < -0.39 is 16.1 Å². The molecule has 1 atom stereocenters. The zero-order valence-electron chi connectivity index (χ0n) is 23.7. The van der Waals surface area contributed by atoms with Gasteiger partial charge in [0.05, 0.1) is 11.9 Å². The lowest BCUT2D eigenvalue weighted by Gasteiger charge is -2.32. The van der Waals surface area contributed by atoms with Crippen LogP contribution in [0.25, 0.3) is 0 Å². The number of carbonyl (C=O) groups is 2. The lowest BCUT2D eigenvalue weighted by atomic mass is 10.0. The summed E-state index contributed by atoms with van der Waals surface area (Å²) in [4.78, 5) is 29.0. The van der Waals surface area contributed by atoms with E-state index in [0.717, 1.165) is 24.7 Å². The Morgan fingerprint density at radius 2 is 1.52 bits per heavy atom. The van der Waals surface area contributed by atoms with E-state index in [1.165, 1.54) is 9.21 Å². The smallest absolute Gasteiger partial charge is 0.243 e. The standard InChI is InChI=1S/C31H36Cl3N3O4S/c1-3-4-19-35-31(39)29(21-23-10-6-5-7-11-23)36(22-26-27(33)12-8-13-28(26)34)30(38)14-9-20-37(42(2,40)41)25-17-15-24(32)16-18-25/h5-8,10-13,15-18,29H,3-4,9,14,19-22H2,1-2H3,(H,35,39)/t29-/m1/s1. The number of carbonyl (C=O) groups excluding carboxylic acids is 2. The molecule has 0 aromatic heterocycles. The molecule has 0 radical (unpaired) electrons. The Hall–Kier alpha value is -2.78. The van der Waals surface area contributed by atoms with E-state index in [1.54, 1.807) is 42.5 Å². The highest BCUT2D eigenvalue weighted by Gasteiger charge is 2.31. The second kappa shape index (κ2) is 16.2. The lowest BCUT2D eigenvalue weighted by molar-refractivity contribution is -0.141. The van der Waals surface area contributed by atoms with Gasteiger partial charge in [-0.25, -0.2) is 8.42 Å². The van der Waals surface area contributed by atoms with Crippen molar-refractivity contribution >= 4 is 62.3 Å². The maximum Gasteiger partial charge on any atom is 0.243 e. The third kappa shape index (κ3) is 9.90. The van der Waals surface area contributed by atoms with Crippen LogP contribution in [0.5, 0.6) is 0 Å². The quantitative estimate of drug-likeness (QED) is 0.184. The van der Waals surface area contributed by atoms with Gasteiger partial charge in [-0.3, -0.25) is 13.9 Å². The number of anilines is 1. The number of nitrogens with zero attached hydrogens (tertiary/aromatic N) is 2. The van der Waals surface area contributed by atoms with Crippen LogP contribution in [0.15, 0.2) is 72.8 Å². The molecule has 0 saturated carbocycles. The van der Waals surface area contributed by atoms with E-state index in [9.17, 15) is 18.0 Å². The van der Waals surface area contributed by atoms with E-state index in [-0.39, 0.29) is 44.2 Å². The summed E-state index contributed by atoms with van der Waals surface area (Å²) in [5.74, 6) is -0.593. The minimum absolute atomic E-state index is 0.00475. The maximum atomic E-state index is 13.9.